The number of rotatable bonds is 24. The van der Waals surface area contributed by atoms with Crippen LogP contribution in [-0.2, 0) is 72.3 Å². The summed E-state index contributed by atoms with van der Waals surface area (Å²) in [7, 11) is 0. The molecule has 0 spiro atoms. The molecule has 0 radical (unpaired) electrons. The highest BCUT2D eigenvalue weighted by atomic mass is 16.6. The summed E-state index contributed by atoms with van der Waals surface area (Å²) in [6, 6.07) is 49.5. The Hall–Kier alpha value is -8.59. The predicted octanol–water partition coefficient (Wildman–Crippen LogP) is 5.32. The number of carbonyl (C=O) groups is 7. The van der Waals surface area contributed by atoms with E-state index >= 15 is 0 Å². The Kier molecular flexibility index (Phi) is 19.8. The molecule has 6 aromatic carbocycles. The van der Waals surface area contributed by atoms with Crippen LogP contribution in [0.25, 0.3) is 0 Å². The maximum atomic E-state index is 14.0. The summed E-state index contributed by atoms with van der Waals surface area (Å²) < 4.78 is 10.8. The van der Waals surface area contributed by atoms with E-state index in [1.165, 1.54) is 0 Å². The molecule has 6 amide bonds. The van der Waals surface area contributed by atoms with Gasteiger partial charge >= 0.3 is 12.2 Å². The molecule has 70 heavy (non-hydrogen) atoms. The second-order valence-corrected chi connectivity index (χ2v) is 16.4. The predicted molar refractivity (Wildman–Crippen MR) is 263 cm³/mol. The van der Waals surface area contributed by atoms with E-state index in [1.807, 2.05) is 60.7 Å². The Morgan fingerprint density at radius 1 is 0.314 bits per heavy atom. The number of hydrogen-bond donors (Lipinski definition) is 6. The smallest absolute Gasteiger partial charge is 0.408 e. The molecule has 0 aromatic heterocycles. The fourth-order valence-corrected chi connectivity index (χ4v) is 7.28. The van der Waals surface area contributed by atoms with Crippen molar-refractivity contribution >= 4 is 41.6 Å². The summed E-state index contributed by atoms with van der Waals surface area (Å²) in [5, 5.41) is 16.0. The minimum absolute atomic E-state index is 0.0250. The number of ether oxygens (including phenoxy) is 2. The molecule has 0 heterocycles. The van der Waals surface area contributed by atoms with Crippen LogP contribution in [0.4, 0.5) is 9.59 Å². The first-order valence-electron chi connectivity index (χ1n) is 22.9. The van der Waals surface area contributed by atoms with E-state index in [2.05, 4.69) is 31.9 Å². The van der Waals surface area contributed by atoms with Crippen molar-refractivity contribution in [2.75, 3.05) is 13.1 Å². The van der Waals surface area contributed by atoms with Gasteiger partial charge in [-0.15, -0.1) is 0 Å². The maximum absolute atomic E-state index is 14.0. The topological polar surface area (TPSA) is 210 Å². The Labute approximate surface area is 406 Å². The van der Waals surface area contributed by atoms with Crippen LogP contribution >= 0.6 is 0 Å². The highest BCUT2D eigenvalue weighted by Crippen LogP contribution is 2.11. The van der Waals surface area contributed by atoms with Crippen molar-refractivity contribution in [1.82, 2.24) is 31.9 Å². The first-order chi connectivity index (χ1) is 34.1. The van der Waals surface area contributed by atoms with Gasteiger partial charge in [-0.05, 0) is 33.4 Å². The number of alkyl carbamates (subject to hydrolysis) is 2. The third-order valence-electron chi connectivity index (χ3n) is 11.0. The first kappa shape index (κ1) is 50.8. The minimum Gasteiger partial charge on any atom is -0.445 e. The van der Waals surface area contributed by atoms with Crippen molar-refractivity contribution in [3.63, 3.8) is 0 Å². The molecule has 15 heteroatoms. The lowest BCUT2D eigenvalue weighted by molar-refractivity contribution is -0.131. The molecule has 15 nitrogen and oxygen atoms in total. The van der Waals surface area contributed by atoms with Crippen LogP contribution in [0.5, 0.6) is 0 Å². The van der Waals surface area contributed by atoms with Gasteiger partial charge in [0.25, 0.3) is 0 Å². The number of nitrogens with one attached hydrogen (secondary N) is 6. The van der Waals surface area contributed by atoms with Crippen LogP contribution in [0.1, 0.15) is 33.4 Å². The third kappa shape index (κ3) is 17.6. The van der Waals surface area contributed by atoms with E-state index < -0.39 is 78.9 Å². The number of benzene rings is 6. The van der Waals surface area contributed by atoms with Crippen LogP contribution in [0.2, 0.25) is 0 Å². The molecule has 6 N–H and O–H groups in total. The van der Waals surface area contributed by atoms with E-state index in [9.17, 15) is 33.6 Å². The normalized spacial score (nSPS) is 12.3. The summed E-state index contributed by atoms with van der Waals surface area (Å²) >= 11 is 0. The van der Waals surface area contributed by atoms with E-state index in [-0.39, 0.29) is 38.9 Å². The molecular weight excluding hydrogens is 889 g/mol. The van der Waals surface area contributed by atoms with Gasteiger partial charge in [-0.2, -0.15) is 0 Å². The molecular formula is C55H56N6O9. The number of amides is 6. The minimum atomic E-state index is -1.18. The fraction of sp³-hybridized carbons (Fsp3) is 0.218. The number of carbonyl (C=O) groups excluding carboxylic acids is 7. The van der Waals surface area contributed by atoms with Gasteiger partial charge in [-0.1, -0.05) is 182 Å². The molecule has 6 rings (SSSR count). The molecule has 0 fully saturated rings. The summed E-state index contributed by atoms with van der Waals surface area (Å²) in [5.41, 5.74) is 4.43. The number of ketones is 1. The number of Topliss-reactive ketones (excluding diaryl/α,β-unsaturated/α-hetero) is 1. The molecule has 0 aliphatic rings. The first-order valence-corrected chi connectivity index (χ1v) is 22.9. The Bertz CT molecular complexity index is 2430. The molecule has 0 saturated heterocycles. The third-order valence-corrected chi connectivity index (χ3v) is 11.0. The molecule has 0 bridgehead atoms. The van der Waals surface area contributed by atoms with Gasteiger partial charge in [0.15, 0.2) is 5.78 Å². The van der Waals surface area contributed by atoms with Crippen molar-refractivity contribution in [2.24, 2.45) is 0 Å². The zero-order chi connectivity index (χ0) is 49.3. The lowest BCUT2D eigenvalue weighted by Crippen LogP contribution is -2.56. The lowest BCUT2D eigenvalue weighted by Gasteiger charge is -2.24. The van der Waals surface area contributed by atoms with Crippen molar-refractivity contribution in [2.45, 2.75) is 63.1 Å². The Morgan fingerprint density at radius 2 is 0.557 bits per heavy atom. The Morgan fingerprint density at radius 3 is 0.829 bits per heavy atom. The van der Waals surface area contributed by atoms with Crippen LogP contribution in [0, 0.1) is 0 Å². The largest absolute Gasteiger partial charge is 0.445 e. The van der Waals surface area contributed by atoms with E-state index in [4.69, 9.17) is 9.47 Å². The molecule has 360 valence electrons. The highest BCUT2D eigenvalue weighted by Gasteiger charge is 2.30. The average molecular weight is 945 g/mol. The van der Waals surface area contributed by atoms with Crippen LogP contribution in [0.3, 0.4) is 0 Å². The van der Waals surface area contributed by atoms with Crippen molar-refractivity contribution in [1.29, 1.82) is 0 Å². The summed E-state index contributed by atoms with van der Waals surface area (Å²) in [4.78, 5) is 95.0. The maximum Gasteiger partial charge on any atom is 0.408 e. The molecule has 0 aliphatic heterocycles. The molecule has 0 saturated carbocycles. The second kappa shape index (κ2) is 27.3. The fourth-order valence-electron chi connectivity index (χ4n) is 7.28. The zero-order valence-electron chi connectivity index (χ0n) is 38.5. The number of hydrogen-bond acceptors (Lipinski definition) is 9. The van der Waals surface area contributed by atoms with Crippen LogP contribution in [0.15, 0.2) is 182 Å². The van der Waals surface area contributed by atoms with Gasteiger partial charge in [0.05, 0.1) is 13.1 Å². The van der Waals surface area contributed by atoms with Crippen molar-refractivity contribution in [3.8, 4) is 0 Å². The summed E-state index contributed by atoms with van der Waals surface area (Å²) in [5.74, 6) is -3.27. The van der Waals surface area contributed by atoms with Gasteiger partial charge in [0, 0.05) is 25.7 Å². The lowest BCUT2D eigenvalue weighted by atomic mass is 10.0. The van der Waals surface area contributed by atoms with Gasteiger partial charge in [-0.3, -0.25) is 24.0 Å². The van der Waals surface area contributed by atoms with Gasteiger partial charge in [0.1, 0.15) is 37.4 Å². The molecule has 4 atom stereocenters. The standard InChI is InChI=1S/C55H56N6O9/c62-45(35-56-50(63)46(31-39-19-7-1-8-20-39)58-52(65)48(33-41-23-11-3-12-24-41)60-54(67)69-37-43-27-15-5-16-28-43)36-57-51(64)47(32-40-21-9-2-10-22-40)59-53(66)49(34-42-25-13-4-14-26-42)61-55(68)70-38-44-29-17-6-18-30-44/h1-30,46-49H,31-38H2,(H,56,63)(H,57,64)(H,58,65)(H,59,66)(H,60,67)(H,61,68)/t46-,47-,48-,49-/m0/s1. The molecule has 0 aliphatic carbocycles. The Balaban J connectivity index is 1.09. The average Bonchev–Trinajstić information content (AvgIpc) is 3.39. The molecule has 6 aromatic rings. The van der Waals surface area contributed by atoms with Crippen molar-refractivity contribution in [3.05, 3.63) is 215 Å². The van der Waals surface area contributed by atoms with Crippen molar-refractivity contribution < 1.29 is 43.0 Å². The second-order valence-electron chi connectivity index (χ2n) is 16.4. The van der Waals surface area contributed by atoms with Gasteiger partial charge in [-0.25, -0.2) is 9.59 Å². The monoisotopic (exact) mass is 944 g/mol. The summed E-state index contributed by atoms with van der Waals surface area (Å²) in [6.45, 7) is -1.07. The molecule has 0 unspecified atom stereocenters. The summed E-state index contributed by atoms with van der Waals surface area (Å²) in [6.07, 6.45) is -1.39. The van der Waals surface area contributed by atoms with Gasteiger partial charge < -0.3 is 41.4 Å². The van der Waals surface area contributed by atoms with Gasteiger partial charge in [0.2, 0.25) is 23.6 Å². The highest BCUT2D eigenvalue weighted by molar-refractivity contribution is 5.96. The quantitative estimate of drug-likeness (QED) is 0.0464. The van der Waals surface area contributed by atoms with E-state index in [0.717, 1.165) is 22.3 Å². The van der Waals surface area contributed by atoms with E-state index in [1.54, 1.807) is 121 Å². The van der Waals surface area contributed by atoms with Crippen LogP contribution in [-0.4, -0.2) is 78.9 Å². The SMILES string of the molecule is O=C(CNC(=O)[C@H](Cc1ccccc1)NC(=O)[C@H](Cc1ccccc1)NC(=O)OCc1ccccc1)CNC(=O)[C@H](Cc1ccccc1)NC(=O)[C@H](Cc1ccccc1)NC(=O)OCc1ccccc1. The van der Waals surface area contributed by atoms with E-state index in [0.29, 0.717) is 11.1 Å². The zero-order valence-corrected chi connectivity index (χ0v) is 38.5. The van der Waals surface area contributed by atoms with Crippen LogP contribution < -0.4 is 31.9 Å².